The molecule has 1 aromatic heterocycles. The van der Waals surface area contributed by atoms with Gasteiger partial charge >= 0.3 is 0 Å². The van der Waals surface area contributed by atoms with Crippen LogP contribution in [0, 0.1) is 0 Å². The van der Waals surface area contributed by atoms with E-state index in [0.29, 0.717) is 0 Å². The second kappa shape index (κ2) is 15.8. The zero-order valence-corrected chi connectivity index (χ0v) is 23.6. The molecule has 0 aliphatic rings. The highest BCUT2D eigenvalue weighted by atomic mass is 28.4. The van der Waals surface area contributed by atoms with Gasteiger partial charge in [-0.15, -0.1) is 0 Å². The standard InChI is InChI=1S/C30H53NOSi/c1-6-10-13-16-22-33(23-17-14-11-7-2,24-18-15-12-8-3)32-26(5)29-25-31-30-27(9-4)20-19-21-28(29)30/h19-21,25-26,31H,6-18,22-24H2,1-5H3. The molecule has 0 aliphatic carbocycles. The van der Waals surface area contributed by atoms with Crippen LogP contribution >= 0.6 is 0 Å². The lowest BCUT2D eigenvalue weighted by Crippen LogP contribution is -2.39. The summed E-state index contributed by atoms with van der Waals surface area (Å²) in [6.07, 6.45) is 19.7. The van der Waals surface area contributed by atoms with E-state index in [2.05, 4.69) is 64.0 Å². The molecule has 0 spiro atoms. The molecule has 0 radical (unpaired) electrons. The molecule has 0 fully saturated rings. The molecular formula is C30H53NOSi. The normalized spacial score (nSPS) is 13.1. The maximum Gasteiger partial charge on any atom is 0.193 e. The van der Waals surface area contributed by atoms with Crippen molar-refractivity contribution in [2.75, 3.05) is 0 Å². The van der Waals surface area contributed by atoms with Crippen LogP contribution in [0.15, 0.2) is 24.4 Å². The molecule has 0 saturated carbocycles. The Balaban J connectivity index is 2.23. The average Bonchev–Trinajstić information content (AvgIpc) is 3.27. The summed E-state index contributed by atoms with van der Waals surface area (Å²) < 4.78 is 7.32. The Kier molecular flexibility index (Phi) is 13.5. The van der Waals surface area contributed by atoms with Crippen molar-refractivity contribution >= 4 is 19.2 Å². The highest BCUT2D eigenvalue weighted by Crippen LogP contribution is 2.37. The number of aromatic amines is 1. The Hall–Kier alpha value is -1.06. The van der Waals surface area contributed by atoms with Crippen LogP contribution < -0.4 is 0 Å². The Bertz CT molecular complexity index is 736. The molecule has 33 heavy (non-hydrogen) atoms. The first kappa shape index (κ1) is 28.2. The summed E-state index contributed by atoms with van der Waals surface area (Å²) in [7, 11) is -1.79. The fourth-order valence-electron chi connectivity index (χ4n) is 5.48. The molecule has 1 atom stereocenters. The predicted molar refractivity (Wildman–Crippen MR) is 150 cm³/mol. The van der Waals surface area contributed by atoms with Crippen LogP contribution in [-0.4, -0.2) is 13.3 Å². The maximum absolute atomic E-state index is 7.32. The first-order valence-corrected chi connectivity index (χ1v) is 16.9. The van der Waals surface area contributed by atoms with Gasteiger partial charge in [-0.05, 0) is 37.0 Å². The number of hydrogen-bond donors (Lipinski definition) is 1. The molecule has 2 rings (SSSR count). The third-order valence-corrected chi connectivity index (χ3v) is 12.2. The summed E-state index contributed by atoms with van der Waals surface area (Å²) in [6.45, 7) is 11.5. The van der Waals surface area contributed by atoms with E-state index in [1.165, 1.54) is 117 Å². The lowest BCUT2D eigenvalue weighted by atomic mass is 10.1. The van der Waals surface area contributed by atoms with Crippen molar-refractivity contribution in [1.82, 2.24) is 4.98 Å². The largest absolute Gasteiger partial charge is 0.410 e. The first-order chi connectivity index (χ1) is 16.1. The highest BCUT2D eigenvalue weighted by Gasteiger charge is 2.36. The Morgan fingerprint density at radius 1 is 0.758 bits per heavy atom. The van der Waals surface area contributed by atoms with Gasteiger partial charge in [-0.3, -0.25) is 0 Å². The van der Waals surface area contributed by atoms with Crippen LogP contribution in [0.3, 0.4) is 0 Å². The van der Waals surface area contributed by atoms with Gasteiger partial charge in [0.2, 0.25) is 0 Å². The molecule has 1 heterocycles. The fourth-order valence-corrected chi connectivity index (χ4v) is 10.1. The average molecular weight is 472 g/mol. The van der Waals surface area contributed by atoms with Crippen LogP contribution in [0.2, 0.25) is 18.1 Å². The van der Waals surface area contributed by atoms with E-state index in [-0.39, 0.29) is 6.10 Å². The summed E-state index contributed by atoms with van der Waals surface area (Å²) in [5, 5.41) is 1.37. The maximum atomic E-state index is 7.32. The number of aryl methyl sites for hydroxylation is 1. The molecule has 188 valence electrons. The van der Waals surface area contributed by atoms with E-state index in [1.54, 1.807) is 0 Å². The lowest BCUT2D eigenvalue weighted by Gasteiger charge is -2.35. The van der Waals surface area contributed by atoms with Crippen LogP contribution in [0.1, 0.15) is 129 Å². The zero-order chi connectivity index (χ0) is 23.9. The van der Waals surface area contributed by atoms with Gasteiger partial charge in [0.05, 0.1) is 6.10 Å². The van der Waals surface area contributed by atoms with Crippen molar-refractivity contribution in [3.05, 3.63) is 35.5 Å². The van der Waals surface area contributed by atoms with E-state index in [4.69, 9.17) is 4.43 Å². The van der Waals surface area contributed by atoms with Gasteiger partial charge in [-0.1, -0.05) is 123 Å². The summed E-state index contributed by atoms with van der Waals surface area (Å²) in [4.78, 5) is 3.59. The van der Waals surface area contributed by atoms with Crippen molar-refractivity contribution in [3.8, 4) is 0 Å². The van der Waals surface area contributed by atoms with Crippen molar-refractivity contribution in [2.45, 2.75) is 142 Å². The summed E-state index contributed by atoms with van der Waals surface area (Å²) in [5.74, 6) is 0. The van der Waals surface area contributed by atoms with Gasteiger partial charge in [-0.2, -0.15) is 0 Å². The van der Waals surface area contributed by atoms with Crippen LogP contribution in [0.25, 0.3) is 10.9 Å². The number of unbranched alkanes of at least 4 members (excludes halogenated alkanes) is 9. The van der Waals surface area contributed by atoms with E-state index >= 15 is 0 Å². The predicted octanol–water partition coefficient (Wildman–Crippen LogP) is 10.5. The van der Waals surface area contributed by atoms with Gasteiger partial charge in [0.25, 0.3) is 0 Å². The molecule has 0 bridgehead atoms. The summed E-state index contributed by atoms with van der Waals surface area (Å²) >= 11 is 0. The number of aromatic nitrogens is 1. The van der Waals surface area contributed by atoms with E-state index in [0.717, 1.165) is 6.42 Å². The van der Waals surface area contributed by atoms with Gasteiger partial charge in [0, 0.05) is 22.7 Å². The van der Waals surface area contributed by atoms with Gasteiger partial charge in [0.15, 0.2) is 8.32 Å². The van der Waals surface area contributed by atoms with Crippen molar-refractivity contribution in [1.29, 1.82) is 0 Å². The second-order valence-corrected chi connectivity index (χ2v) is 14.4. The molecule has 0 aliphatic heterocycles. The Morgan fingerprint density at radius 3 is 1.79 bits per heavy atom. The van der Waals surface area contributed by atoms with Gasteiger partial charge < -0.3 is 9.41 Å². The first-order valence-electron chi connectivity index (χ1n) is 14.4. The molecule has 2 nitrogen and oxygen atoms in total. The smallest absolute Gasteiger partial charge is 0.193 e. The number of hydrogen-bond acceptors (Lipinski definition) is 1. The molecule has 0 amide bonds. The Morgan fingerprint density at radius 2 is 1.30 bits per heavy atom. The van der Waals surface area contributed by atoms with Crippen molar-refractivity contribution < 1.29 is 4.43 Å². The number of benzene rings is 1. The molecule has 3 heteroatoms. The summed E-state index contributed by atoms with van der Waals surface area (Å²) in [5.41, 5.74) is 4.09. The third kappa shape index (κ3) is 8.90. The number of para-hydroxylation sites is 1. The van der Waals surface area contributed by atoms with E-state index < -0.39 is 8.32 Å². The van der Waals surface area contributed by atoms with Gasteiger partial charge in [0.1, 0.15) is 0 Å². The quantitative estimate of drug-likeness (QED) is 0.160. The highest BCUT2D eigenvalue weighted by molar-refractivity contribution is 6.73. The van der Waals surface area contributed by atoms with E-state index in [9.17, 15) is 0 Å². The minimum absolute atomic E-state index is 0.182. The number of fused-ring (bicyclic) bond motifs is 1. The number of rotatable bonds is 19. The Labute approximate surface area is 206 Å². The second-order valence-electron chi connectivity index (χ2n) is 10.3. The minimum atomic E-state index is -1.79. The third-order valence-electron chi connectivity index (χ3n) is 7.54. The molecule has 1 aromatic carbocycles. The van der Waals surface area contributed by atoms with E-state index in [1.807, 2.05) is 0 Å². The van der Waals surface area contributed by atoms with Crippen molar-refractivity contribution in [2.24, 2.45) is 0 Å². The van der Waals surface area contributed by atoms with Crippen LogP contribution in [0.4, 0.5) is 0 Å². The number of H-pyrrole nitrogens is 1. The van der Waals surface area contributed by atoms with Crippen molar-refractivity contribution in [3.63, 3.8) is 0 Å². The molecule has 1 N–H and O–H groups in total. The lowest BCUT2D eigenvalue weighted by molar-refractivity contribution is 0.207. The minimum Gasteiger partial charge on any atom is -0.410 e. The summed E-state index contributed by atoms with van der Waals surface area (Å²) in [6, 6.07) is 10.8. The van der Waals surface area contributed by atoms with Crippen LogP contribution in [0.5, 0.6) is 0 Å². The fraction of sp³-hybridized carbons (Fsp3) is 0.733. The SMILES string of the molecule is CCCCCC[Si](CCCCCC)(CCCCCC)OC(C)c1c[nH]c2c(CC)cccc12. The van der Waals surface area contributed by atoms with Crippen LogP contribution in [-0.2, 0) is 10.8 Å². The number of nitrogens with one attached hydrogen (secondary N) is 1. The molecular weight excluding hydrogens is 418 g/mol. The van der Waals surface area contributed by atoms with Gasteiger partial charge in [-0.25, -0.2) is 0 Å². The zero-order valence-electron chi connectivity index (χ0n) is 22.6. The monoisotopic (exact) mass is 471 g/mol. The molecule has 1 unspecified atom stereocenters. The molecule has 0 saturated heterocycles. The molecule has 2 aromatic rings. The topological polar surface area (TPSA) is 25.0 Å².